The van der Waals surface area contributed by atoms with Gasteiger partial charge in [-0.3, -0.25) is 9.59 Å². The average Bonchev–Trinajstić information content (AvgIpc) is 2.98. The Hall–Kier alpha value is -2.40. The molecule has 0 aliphatic carbocycles. The number of amides is 2. The van der Waals surface area contributed by atoms with Crippen LogP contribution in [-0.2, 0) is 38.0 Å². The quantitative estimate of drug-likeness (QED) is 0.146. The molecule has 3 rings (SSSR count). The van der Waals surface area contributed by atoms with Crippen LogP contribution in [0.2, 0.25) is 0 Å². The number of hydrogen-bond donors (Lipinski definition) is 6. The second-order valence-electron chi connectivity index (χ2n) is 13.3. The van der Waals surface area contributed by atoms with E-state index in [9.17, 15) is 51.3 Å². The van der Waals surface area contributed by atoms with Gasteiger partial charge in [-0.2, -0.15) is 26.3 Å². The van der Waals surface area contributed by atoms with Gasteiger partial charge < -0.3 is 59.5 Å². The lowest BCUT2D eigenvalue weighted by atomic mass is 9.95. The standard InChI is InChI=1S/C14H20F3NO6.C11H16F3NO6.C5H12/c1-4-5-21-11-8(18-12(20)14(15,16)17)9(19)10-7(23-11)6-22-13(2,3)24-10;1-2-3-20-9-6(15-10(19)11(12,13)14)8(18)7(17)5(4-16)21-9;1-5(2,3)4/h4,7-11,19H,1,5-6H2,2-3H3,(H,18,20);2,5-9,16-18H,1,3-4H2,(H,15,19);1-4H3/t7?,8-,9-,10-,11+;5?,6-,7-,8-,9+;/m11./s1. The predicted octanol–water partition coefficient (Wildman–Crippen LogP) is 1.20. The van der Waals surface area contributed by atoms with Crippen LogP contribution in [0.5, 0.6) is 0 Å². The highest BCUT2D eigenvalue weighted by Gasteiger charge is 2.53. The maximum absolute atomic E-state index is 12.5. The first-order valence-electron chi connectivity index (χ1n) is 15.3. The van der Waals surface area contributed by atoms with E-state index in [4.69, 9.17) is 33.5 Å². The summed E-state index contributed by atoms with van der Waals surface area (Å²) < 4.78 is 106. The van der Waals surface area contributed by atoms with Crippen molar-refractivity contribution in [2.24, 2.45) is 5.41 Å². The predicted molar refractivity (Wildman–Crippen MR) is 161 cm³/mol. The number of nitrogens with one attached hydrogen (secondary N) is 2. The Balaban J connectivity index is 0.000000444. The van der Waals surface area contributed by atoms with E-state index in [-0.39, 0.29) is 19.8 Å². The zero-order chi connectivity index (χ0) is 38.8. The molecule has 2 amide bonds. The van der Waals surface area contributed by atoms with Crippen molar-refractivity contribution in [3.05, 3.63) is 25.3 Å². The summed E-state index contributed by atoms with van der Waals surface area (Å²) in [5.41, 5.74) is 0.500. The molecule has 0 aromatic heterocycles. The van der Waals surface area contributed by atoms with Crippen molar-refractivity contribution in [3.63, 3.8) is 0 Å². The van der Waals surface area contributed by atoms with Gasteiger partial charge in [0.25, 0.3) is 0 Å². The minimum absolute atomic E-state index is 0.0413. The van der Waals surface area contributed by atoms with Crippen LogP contribution < -0.4 is 10.6 Å². The van der Waals surface area contributed by atoms with E-state index in [1.54, 1.807) is 19.2 Å². The third kappa shape index (κ3) is 14.7. The molecule has 10 atom stereocenters. The van der Waals surface area contributed by atoms with Crippen LogP contribution in [0.4, 0.5) is 26.3 Å². The van der Waals surface area contributed by atoms with Gasteiger partial charge in [0.1, 0.15) is 48.7 Å². The smallest absolute Gasteiger partial charge is 0.394 e. The van der Waals surface area contributed by atoms with Crippen LogP contribution in [0, 0.1) is 5.41 Å². The van der Waals surface area contributed by atoms with E-state index >= 15 is 0 Å². The fourth-order valence-electron chi connectivity index (χ4n) is 4.31. The highest BCUT2D eigenvalue weighted by atomic mass is 19.4. The first kappa shape index (κ1) is 45.6. The zero-order valence-electron chi connectivity index (χ0n) is 28.5. The van der Waals surface area contributed by atoms with Crippen LogP contribution in [-0.4, -0.2) is 138 Å². The van der Waals surface area contributed by atoms with Crippen molar-refractivity contribution in [1.29, 1.82) is 0 Å². The molecular formula is C30H48F6N2O12. The largest absolute Gasteiger partial charge is 0.471 e. The molecule has 3 saturated heterocycles. The number of rotatable bonds is 9. The number of carbonyl (C=O) groups excluding carboxylic acids is 2. The molecule has 0 radical (unpaired) electrons. The molecule has 0 bridgehead atoms. The molecule has 0 aromatic rings. The summed E-state index contributed by atoms with van der Waals surface area (Å²) in [6, 6.07) is -3.12. The van der Waals surface area contributed by atoms with Crippen LogP contribution >= 0.6 is 0 Å². The summed E-state index contributed by atoms with van der Waals surface area (Å²) in [5, 5.41) is 42.0. The number of alkyl halides is 6. The lowest BCUT2D eigenvalue weighted by Crippen LogP contribution is -2.69. The normalized spacial score (nSPS) is 32.5. The van der Waals surface area contributed by atoms with Crippen molar-refractivity contribution >= 4 is 11.8 Å². The molecule has 3 fully saturated rings. The van der Waals surface area contributed by atoms with Crippen LogP contribution in [0.3, 0.4) is 0 Å². The number of fused-ring (bicyclic) bond motifs is 1. The van der Waals surface area contributed by atoms with Crippen molar-refractivity contribution in [2.45, 2.75) is 121 Å². The second kappa shape index (κ2) is 18.9. The van der Waals surface area contributed by atoms with Crippen LogP contribution in [0.15, 0.2) is 25.3 Å². The summed E-state index contributed by atoms with van der Waals surface area (Å²) in [6.07, 6.45) is -18.4. The van der Waals surface area contributed by atoms with E-state index in [1.807, 2.05) is 0 Å². The minimum Gasteiger partial charge on any atom is -0.394 e. The van der Waals surface area contributed by atoms with Gasteiger partial charge in [0, 0.05) is 0 Å². The van der Waals surface area contributed by atoms with Gasteiger partial charge in [-0.25, -0.2) is 0 Å². The third-order valence-corrected chi connectivity index (χ3v) is 6.44. The first-order valence-corrected chi connectivity index (χ1v) is 15.3. The maximum atomic E-state index is 12.5. The van der Waals surface area contributed by atoms with E-state index in [0.717, 1.165) is 0 Å². The van der Waals surface area contributed by atoms with Gasteiger partial charge in [0.05, 0.1) is 26.4 Å². The van der Waals surface area contributed by atoms with Gasteiger partial charge in [0.15, 0.2) is 18.4 Å². The van der Waals surface area contributed by atoms with Crippen LogP contribution in [0.1, 0.15) is 41.5 Å². The molecule has 50 heavy (non-hydrogen) atoms. The Morgan fingerprint density at radius 3 is 1.64 bits per heavy atom. The number of halogens is 6. The number of hydrogen-bond acceptors (Lipinski definition) is 12. The molecule has 3 heterocycles. The maximum Gasteiger partial charge on any atom is 0.471 e. The molecule has 3 aliphatic heterocycles. The fourth-order valence-corrected chi connectivity index (χ4v) is 4.31. The molecule has 0 spiro atoms. The van der Waals surface area contributed by atoms with Gasteiger partial charge in [-0.15, -0.1) is 13.2 Å². The first-order chi connectivity index (χ1) is 22.8. The highest BCUT2D eigenvalue weighted by Crippen LogP contribution is 2.33. The minimum atomic E-state index is -5.17. The molecule has 14 nitrogen and oxygen atoms in total. The molecule has 292 valence electrons. The zero-order valence-corrected chi connectivity index (χ0v) is 28.5. The van der Waals surface area contributed by atoms with E-state index < -0.39 is 97.8 Å². The lowest BCUT2D eigenvalue weighted by Gasteiger charge is -2.49. The monoisotopic (exact) mass is 742 g/mol. The number of aliphatic hydroxyl groups excluding tert-OH is 4. The van der Waals surface area contributed by atoms with Crippen molar-refractivity contribution in [3.8, 4) is 0 Å². The van der Waals surface area contributed by atoms with Gasteiger partial charge in [-0.05, 0) is 19.3 Å². The number of aliphatic hydroxyl groups is 4. The molecule has 0 saturated carbocycles. The SMILES string of the molecule is C=CCO[C@H]1OC(CO)[C@@H](O)[C@H](O)[C@H]1NC(=O)C(F)(F)F.C=CCO[C@H]1OC2COC(C)(C)O[C@H]2[C@H](O)[C@H]1NC(=O)C(F)(F)F.CC(C)(C)C. The molecular weight excluding hydrogens is 694 g/mol. The van der Waals surface area contributed by atoms with Gasteiger partial charge in [0.2, 0.25) is 0 Å². The molecule has 0 aromatic carbocycles. The summed E-state index contributed by atoms with van der Waals surface area (Å²) in [7, 11) is 0. The van der Waals surface area contributed by atoms with Crippen molar-refractivity contribution in [2.75, 3.05) is 26.4 Å². The molecule has 20 heteroatoms. The summed E-state index contributed by atoms with van der Waals surface area (Å²) in [6.45, 7) is 17.9. The van der Waals surface area contributed by atoms with Gasteiger partial charge in [-0.1, -0.05) is 39.8 Å². The Labute approximate surface area is 285 Å². The fraction of sp³-hybridized carbons (Fsp3) is 0.800. The lowest BCUT2D eigenvalue weighted by molar-refractivity contribution is -0.368. The Kier molecular flexibility index (Phi) is 17.2. The topological polar surface area (TPSA) is 194 Å². The Morgan fingerprint density at radius 1 is 0.820 bits per heavy atom. The second-order valence-corrected chi connectivity index (χ2v) is 13.3. The molecule has 3 aliphatic rings. The highest BCUT2D eigenvalue weighted by molar-refractivity contribution is 5.82. The summed E-state index contributed by atoms with van der Waals surface area (Å²) in [4.78, 5) is 22.2. The molecule has 6 N–H and O–H groups in total. The third-order valence-electron chi connectivity index (χ3n) is 6.44. The van der Waals surface area contributed by atoms with Crippen molar-refractivity contribution in [1.82, 2.24) is 10.6 Å². The van der Waals surface area contributed by atoms with Crippen LogP contribution in [0.25, 0.3) is 0 Å². The summed E-state index contributed by atoms with van der Waals surface area (Å²) in [5.74, 6) is -5.55. The number of carbonyl (C=O) groups is 2. The van der Waals surface area contributed by atoms with Gasteiger partial charge >= 0.3 is 24.2 Å². The number of ether oxygens (including phenoxy) is 6. The Morgan fingerprint density at radius 2 is 1.24 bits per heavy atom. The Bertz CT molecular complexity index is 1100. The summed E-state index contributed by atoms with van der Waals surface area (Å²) >= 11 is 0. The average molecular weight is 743 g/mol. The van der Waals surface area contributed by atoms with E-state index in [1.165, 1.54) is 17.5 Å². The van der Waals surface area contributed by atoms with E-state index in [2.05, 4.69) is 40.9 Å². The van der Waals surface area contributed by atoms with Crippen molar-refractivity contribution < 1.29 is 84.8 Å². The van der Waals surface area contributed by atoms with E-state index in [0.29, 0.717) is 5.41 Å². The molecule has 2 unspecified atom stereocenters.